The van der Waals surface area contributed by atoms with Crippen LogP contribution in [0.4, 0.5) is 0 Å². The molecular weight excluding hydrogens is 446 g/mol. The summed E-state index contributed by atoms with van der Waals surface area (Å²) in [6, 6.07) is 9.61. The number of carboxylic acids is 1. The lowest BCUT2D eigenvalue weighted by Crippen LogP contribution is -2.25. The van der Waals surface area contributed by atoms with E-state index in [2.05, 4.69) is 24.9 Å². The maximum absolute atomic E-state index is 10.9. The van der Waals surface area contributed by atoms with Gasteiger partial charge in [-0.15, -0.1) is 0 Å². The van der Waals surface area contributed by atoms with E-state index < -0.39 is 5.97 Å². The summed E-state index contributed by atoms with van der Waals surface area (Å²) < 4.78 is 11.3. The van der Waals surface area contributed by atoms with Crippen LogP contribution in [0, 0.1) is 12.8 Å². The molecule has 2 N–H and O–H groups in total. The molecule has 0 radical (unpaired) electrons. The van der Waals surface area contributed by atoms with Gasteiger partial charge in [0.1, 0.15) is 11.9 Å². The van der Waals surface area contributed by atoms with Gasteiger partial charge in [-0.25, -0.2) is 9.97 Å². The number of pyridine rings is 3. The number of hydrogen-bond acceptors (Lipinski definition) is 7. The van der Waals surface area contributed by atoms with E-state index in [0.717, 1.165) is 53.6 Å². The summed E-state index contributed by atoms with van der Waals surface area (Å²) in [6.45, 7) is 1.98. The summed E-state index contributed by atoms with van der Waals surface area (Å²) in [4.78, 5) is 32.2. The lowest BCUT2D eigenvalue weighted by atomic mass is 9.85. The van der Waals surface area contributed by atoms with Crippen LogP contribution >= 0.6 is 0 Å². The van der Waals surface area contributed by atoms with Crippen molar-refractivity contribution >= 4 is 17.1 Å². The van der Waals surface area contributed by atoms with Crippen LogP contribution in [0.3, 0.4) is 0 Å². The predicted octanol–water partition coefficient (Wildman–Crippen LogP) is 4.81. The first-order chi connectivity index (χ1) is 17.0. The molecule has 4 aromatic rings. The highest BCUT2D eigenvalue weighted by Crippen LogP contribution is 2.31. The van der Waals surface area contributed by atoms with Crippen molar-refractivity contribution < 1.29 is 19.4 Å². The van der Waals surface area contributed by atoms with Crippen LogP contribution in [0.1, 0.15) is 37.7 Å². The first-order valence-electron chi connectivity index (χ1n) is 11.7. The van der Waals surface area contributed by atoms with Gasteiger partial charge >= 0.3 is 5.97 Å². The Morgan fingerprint density at radius 2 is 1.86 bits per heavy atom. The summed E-state index contributed by atoms with van der Waals surface area (Å²) in [5.41, 5.74) is 4.93. The van der Waals surface area contributed by atoms with Crippen LogP contribution in [-0.2, 0) is 4.79 Å². The molecule has 1 aliphatic rings. The van der Waals surface area contributed by atoms with E-state index in [1.165, 1.54) is 0 Å². The van der Waals surface area contributed by atoms with Gasteiger partial charge in [0.15, 0.2) is 5.65 Å². The Labute approximate surface area is 202 Å². The molecule has 0 spiro atoms. The first kappa shape index (κ1) is 22.8. The van der Waals surface area contributed by atoms with Crippen molar-refractivity contribution in [2.24, 2.45) is 5.92 Å². The SMILES string of the molecule is COc1ccc2[nH]c(-c3ccc(-c4cnc(OC5CCC(CC(=O)O)CC5)c(C)c4)nc3)nc2n1. The maximum atomic E-state index is 10.9. The van der Waals surface area contributed by atoms with E-state index in [4.69, 9.17) is 14.6 Å². The number of nitrogens with zero attached hydrogens (tertiary/aromatic N) is 4. The van der Waals surface area contributed by atoms with E-state index in [-0.39, 0.29) is 18.4 Å². The van der Waals surface area contributed by atoms with E-state index in [0.29, 0.717) is 23.2 Å². The van der Waals surface area contributed by atoms with Crippen LogP contribution < -0.4 is 9.47 Å². The smallest absolute Gasteiger partial charge is 0.303 e. The maximum Gasteiger partial charge on any atom is 0.303 e. The van der Waals surface area contributed by atoms with Gasteiger partial charge in [-0.3, -0.25) is 9.78 Å². The second kappa shape index (κ2) is 9.69. The van der Waals surface area contributed by atoms with E-state index in [1.54, 1.807) is 25.6 Å². The minimum atomic E-state index is -0.723. The van der Waals surface area contributed by atoms with Gasteiger partial charge in [-0.2, -0.15) is 4.98 Å². The Kier molecular flexibility index (Phi) is 6.31. The van der Waals surface area contributed by atoms with Gasteiger partial charge in [0, 0.05) is 41.6 Å². The van der Waals surface area contributed by atoms with Gasteiger partial charge in [0.2, 0.25) is 11.8 Å². The summed E-state index contributed by atoms with van der Waals surface area (Å²) in [5, 5.41) is 8.99. The number of aromatic amines is 1. The molecule has 35 heavy (non-hydrogen) atoms. The summed E-state index contributed by atoms with van der Waals surface area (Å²) in [5.74, 6) is 1.36. The quantitative estimate of drug-likeness (QED) is 0.392. The molecule has 0 atom stereocenters. The van der Waals surface area contributed by atoms with Crippen LogP contribution in [0.25, 0.3) is 33.8 Å². The zero-order valence-corrected chi connectivity index (χ0v) is 19.7. The lowest BCUT2D eigenvalue weighted by molar-refractivity contribution is -0.138. The summed E-state index contributed by atoms with van der Waals surface area (Å²) in [6.07, 6.45) is 7.33. The molecule has 180 valence electrons. The van der Waals surface area contributed by atoms with Crippen molar-refractivity contribution in [3.63, 3.8) is 0 Å². The fourth-order valence-corrected chi connectivity index (χ4v) is 4.51. The third-order valence-corrected chi connectivity index (χ3v) is 6.43. The van der Waals surface area contributed by atoms with Crippen LogP contribution in [0.2, 0.25) is 0 Å². The Morgan fingerprint density at radius 1 is 1.06 bits per heavy atom. The number of carbonyl (C=O) groups is 1. The highest BCUT2D eigenvalue weighted by Gasteiger charge is 2.24. The minimum absolute atomic E-state index is 0.0766. The van der Waals surface area contributed by atoms with Gasteiger partial charge in [0.25, 0.3) is 0 Å². The number of ether oxygens (including phenoxy) is 2. The van der Waals surface area contributed by atoms with Crippen molar-refractivity contribution in [3.8, 4) is 34.4 Å². The highest BCUT2D eigenvalue weighted by atomic mass is 16.5. The van der Waals surface area contributed by atoms with Crippen molar-refractivity contribution in [3.05, 3.63) is 48.3 Å². The largest absolute Gasteiger partial charge is 0.481 e. The monoisotopic (exact) mass is 473 g/mol. The number of methoxy groups -OCH3 is 1. The third-order valence-electron chi connectivity index (χ3n) is 6.43. The van der Waals surface area contributed by atoms with Gasteiger partial charge in [0.05, 0.1) is 18.3 Å². The Morgan fingerprint density at radius 3 is 2.54 bits per heavy atom. The number of aliphatic carboxylic acids is 1. The van der Waals surface area contributed by atoms with Crippen LogP contribution in [-0.4, -0.2) is 49.2 Å². The van der Waals surface area contributed by atoms with E-state index in [1.807, 2.05) is 31.2 Å². The third kappa shape index (κ3) is 5.08. The second-order valence-corrected chi connectivity index (χ2v) is 8.95. The average Bonchev–Trinajstić information content (AvgIpc) is 3.29. The van der Waals surface area contributed by atoms with Crippen molar-refractivity contribution in [1.29, 1.82) is 0 Å². The van der Waals surface area contributed by atoms with Crippen molar-refractivity contribution in [2.75, 3.05) is 7.11 Å². The van der Waals surface area contributed by atoms with E-state index >= 15 is 0 Å². The van der Waals surface area contributed by atoms with Crippen LogP contribution in [0.15, 0.2) is 42.7 Å². The van der Waals surface area contributed by atoms with Crippen LogP contribution in [0.5, 0.6) is 11.8 Å². The molecule has 1 fully saturated rings. The molecule has 0 amide bonds. The van der Waals surface area contributed by atoms with E-state index in [9.17, 15) is 4.79 Å². The molecule has 9 nitrogen and oxygen atoms in total. The standard InChI is InChI=1S/C26H27N5O4/c1-15-11-18(14-28-26(15)35-19-6-3-16(4-7-19)12-23(32)33)20-8-5-17(13-27-20)24-29-21-9-10-22(34-2)30-25(21)31-24/h5,8-11,13-14,16,19H,3-4,6-7,12H2,1-2H3,(H,32,33)(H,29,30,31). The number of rotatable bonds is 7. The van der Waals surface area contributed by atoms with Gasteiger partial charge in [-0.05, 0) is 62.8 Å². The molecule has 0 unspecified atom stereocenters. The van der Waals surface area contributed by atoms with Gasteiger partial charge < -0.3 is 19.6 Å². The number of aryl methyl sites for hydroxylation is 1. The Bertz CT molecular complexity index is 1340. The number of aromatic nitrogens is 5. The second-order valence-electron chi connectivity index (χ2n) is 8.95. The minimum Gasteiger partial charge on any atom is -0.481 e. The molecule has 1 aliphatic carbocycles. The fourth-order valence-electron chi connectivity index (χ4n) is 4.51. The summed E-state index contributed by atoms with van der Waals surface area (Å²) >= 11 is 0. The molecule has 5 rings (SSSR count). The zero-order chi connectivity index (χ0) is 24.4. The number of H-pyrrole nitrogens is 1. The number of imidazole rings is 1. The molecular formula is C26H27N5O4. The number of nitrogens with one attached hydrogen (secondary N) is 1. The fraction of sp³-hybridized carbons (Fsp3) is 0.346. The normalized spacial score (nSPS) is 17.9. The highest BCUT2D eigenvalue weighted by molar-refractivity contribution is 5.76. The molecule has 9 heteroatoms. The van der Waals surface area contributed by atoms with Gasteiger partial charge in [-0.1, -0.05) is 0 Å². The molecule has 0 bridgehead atoms. The molecule has 0 aromatic carbocycles. The molecule has 4 heterocycles. The zero-order valence-electron chi connectivity index (χ0n) is 19.7. The Balaban J connectivity index is 1.26. The number of fused-ring (bicyclic) bond motifs is 1. The average molecular weight is 474 g/mol. The molecule has 0 aliphatic heterocycles. The van der Waals surface area contributed by atoms with Crippen molar-refractivity contribution in [1.82, 2.24) is 24.9 Å². The summed E-state index contributed by atoms with van der Waals surface area (Å²) in [7, 11) is 1.58. The number of carboxylic acid groups (broad SMARTS) is 1. The predicted molar refractivity (Wildman–Crippen MR) is 130 cm³/mol. The first-order valence-corrected chi connectivity index (χ1v) is 11.7. The Hall–Kier alpha value is -4.01. The number of hydrogen-bond donors (Lipinski definition) is 2. The van der Waals surface area contributed by atoms with Crippen molar-refractivity contribution in [2.45, 2.75) is 45.1 Å². The molecule has 0 saturated heterocycles. The topological polar surface area (TPSA) is 123 Å². The molecule has 1 saturated carbocycles. The molecule has 4 aromatic heterocycles. The lowest BCUT2D eigenvalue weighted by Gasteiger charge is -2.28.